The Bertz CT molecular complexity index is 898. The van der Waals surface area contributed by atoms with Gasteiger partial charge in [0.25, 0.3) is 0 Å². The van der Waals surface area contributed by atoms with Crippen LogP contribution in [0.1, 0.15) is 11.4 Å². The van der Waals surface area contributed by atoms with Crippen molar-refractivity contribution in [1.82, 2.24) is 9.97 Å². The maximum atomic E-state index is 13.3. The van der Waals surface area contributed by atoms with E-state index in [9.17, 15) is 4.39 Å². The van der Waals surface area contributed by atoms with E-state index in [1.165, 1.54) is 12.1 Å². The number of aromatic nitrogens is 2. The molecule has 0 spiro atoms. The molecular weight excluding hydrogens is 319 g/mol. The zero-order chi connectivity index (χ0) is 17.8. The normalized spacial score (nSPS) is 10.4. The van der Waals surface area contributed by atoms with Gasteiger partial charge >= 0.3 is 0 Å². The van der Waals surface area contributed by atoms with Crippen LogP contribution in [0.4, 0.5) is 27.4 Å². The predicted octanol–water partition coefficient (Wildman–Crippen LogP) is 4.73. The fourth-order valence-corrected chi connectivity index (χ4v) is 2.47. The summed E-state index contributed by atoms with van der Waals surface area (Å²) < 4.78 is 18.7. The van der Waals surface area contributed by atoms with Crippen molar-refractivity contribution in [3.63, 3.8) is 0 Å². The molecule has 0 aliphatic heterocycles. The van der Waals surface area contributed by atoms with Crippen LogP contribution < -0.4 is 15.4 Å². The summed E-state index contributed by atoms with van der Waals surface area (Å²) in [5, 5.41) is 6.34. The van der Waals surface area contributed by atoms with Gasteiger partial charge in [-0.1, -0.05) is 12.1 Å². The Labute approximate surface area is 145 Å². The average Bonchev–Trinajstić information content (AvgIpc) is 2.54. The molecule has 0 atom stereocenters. The van der Waals surface area contributed by atoms with E-state index in [4.69, 9.17) is 4.74 Å². The number of nitrogens with one attached hydrogen (secondary N) is 2. The smallest absolute Gasteiger partial charge is 0.142 e. The first kappa shape index (κ1) is 16.7. The first-order chi connectivity index (χ1) is 12.0. The first-order valence-electron chi connectivity index (χ1n) is 7.83. The third kappa shape index (κ3) is 4.23. The van der Waals surface area contributed by atoms with Crippen molar-refractivity contribution in [1.29, 1.82) is 0 Å². The van der Waals surface area contributed by atoms with Crippen molar-refractivity contribution >= 4 is 23.0 Å². The van der Waals surface area contributed by atoms with Crippen LogP contribution in [0.5, 0.6) is 5.75 Å². The molecule has 0 fully saturated rings. The third-order valence-corrected chi connectivity index (χ3v) is 3.55. The van der Waals surface area contributed by atoms with Gasteiger partial charge in [-0.2, -0.15) is 0 Å². The van der Waals surface area contributed by atoms with Gasteiger partial charge in [0.2, 0.25) is 0 Å². The molecule has 0 bridgehead atoms. The monoisotopic (exact) mass is 338 g/mol. The van der Waals surface area contributed by atoms with E-state index < -0.39 is 0 Å². The number of hydrogen-bond donors (Lipinski definition) is 2. The second-order valence-electron chi connectivity index (χ2n) is 5.65. The number of nitrogens with zero attached hydrogens (tertiary/aromatic N) is 2. The number of methoxy groups -OCH3 is 1. The van der Waals surface area contributed by atoms with E-state index in [0.29, 0.717) is 23.1 Å². The summed E-state index contributed by atoms with van der Waals surface area (Å²) in [5.74, 6) is 2.21. The molecule has 2 N–H and O–H groups in total. The number of ether oxygens (including phenoxy) is 1. The molecule has 2 aromatic carbocycles. The Kier molecular flexibility index (Phi) is 4.79. The molecule has 0 aliphatic rings. The minimum atomic E-state index is -0.307. The number of anilines is 4. The summed E-state index contributed by atoms with van der Waals surface area (Å²) in [6.07, 6.45) is 0. The zero-order valence-electron chi connectivity index (χ0n) is 14.3. The number of hydrogen-bond acceptors (Lipinski definition) is 5. The fourth-order valence-electron chi connectivity index (χ4n) is 2.47. The van der Waals surface area contributed by atoms with Crippen LogP contribution in [-0.2, 0) is 0 Å². The van der Waals surface area contributed by atoms with E-state index >= 15 is 0 Å². The number of benzene rings is 2. The Morgan fingerprint density at radius 3 is 2.40 bits per heavy atom. The highest BCUT2D eigenvalue weighted by Crippen LogP contribution is 2.29. The number of rotatable bonds is 5. The molecule has 5 nitrogen and oxygen atoms in total. The molecule has 0 amide bonds. The summed E-state index contributed by atoms with van der Waals surface area (Å²) in [6.45, 7) is 3.81. The summed E-state index contributed by atoms with van der Waals surface area (Å²) in [5.41, 5.74) is 2.54. The van der Waals surface area contributed by atoms with Crippen LogP contribution in [0.2, 0.25) is 0 Å². The van der Waals surface area contributed by atoms with E-state index in [1.54, 1.807) is 32.2 Å². The van der Waals surface area contributed by atoms with Crippen molar-refractivity contribution in [3.05, 3.63) is 65.7 Å². The van der Waals surface area contributed by atoms with Gasteiger partial charge in [-0.05, 0) is 49.7 Å². The molecule has 128 valence electrons. The van der Waals surface area contributed by atoms with E-state index in [1.807, 2.05) is 25.1 Å². The molecular formula is C19H19FN4O. The Hall–Kier alpha value is -3.15. The zero-order valence-corrected chi connectivity index (χ0v) is 14.3. The van der Waals surface area contributed by atoms with Crippen molar-refractivity contribution in [3.8, 4) is 5.75 Å². The lowest BCUT2D eigenvalue weighted by Crippen LogP contribution is -2.02. The van der Waals surface area contributed by atoms with Crippen LogP contribution in [0.15, 0.2) is 48.5 Å². The molecule has 3 rings (SSSR count). The quantitative estimate of drug-likeness (QED) is 0.704. The molecule has 0 saturated heterocycles. The van der Waals surface area contributed by atoms with Crippen molar-refractivity contribution in [2.75, 3.05) is 17.7 Å². The van der Waals surface area contributed by atoms with Crippen LogP contribution in [0.3, 0.4) is 0 Å². The van der Waals surface area contributed by atoms with E-state index in [-0.39, 0.29) is 5.82 Å². The fraction of sp³-hybridized carbons (Fsp3) is 0.158. The molecule has 6 heteroatoms. The summed E-state index contributed by atoms with van der Waals surface area (Å²) >= 11 is 0. The van der Waals surface area contributed by atoms with Gasteiger partial charge in [0.05, 0.1) is 12.8 Å². The van der Waals surface area contributed by atoms with Gasteiger partial charge in [-0.3, -0.25) is 0 Å². The third-order valence-electron chi connectivity index (χ3n) is 3.55. The predicted molar refractivity (Wildman–Crippen MR) is 97.5 cm³/mol. The highest BCUT2D eigenvalue weighted by Gasteiger charge is 2.07. The minimum absolute atomic E-state index is 0.307. The summed E-state index contributed by atoms with van der Waals surface area (Å²) in [7, 11) is 1.62. The topological polar surface area (TPSA) is 59.1 Å². The van der Waals surface area contributed by atoms with Gasteiger partial charge in [0.1, 0.15) is 29.0 Å². The lowest BCUT2D eigenvalue weighted by Gasteiger charge is -2.13. The van der Waals surface area contributed by atoms with E-state index in [2.05, 4.69) is 20.6 Å². The van der Waals surface area contributed by atoms with Gasteiger partial charge < -0.3 is 15.4 Å². The minimum Gasteiger partial charge on any atom is -0.495 e. The molecule has 0 aliphatic carbocycles. The lowest BCUT2D eigenvalue weighted by atomic mass is 10.2. The van der Waals surface area contributed by atoms with Crippen molar-refractivity contribution in [2.24, 2.45) is 0 Å². The highest BCUT2D eigenvalue weighted by atomic mass is 19.1. The van der Waals surface area contributed by atoms with Gasteiger partial charge in [-0.25, -0.2) is 14.4 Å². The van der Waals surface area contributed by atoms with Crippen LogP contribution >= 0.6 is 0 Å². The Morgan fingerprint density at radius 1 is 0.920 bits per heavy atom. The SMILES string of the molecule is COc1ccc(C)cc1Nc1cc(Nc2cccc(F)c2)nc(C)n1. The maximum Gasteiger partial charge on any atom is 0.142 e. The summed E-state index contributed by atoms with van der Waals surface area (Å²) in [4.78, 5) is 8.75. The van der Waals surface area contributed by atoms with Gasteiger partial charge in [-0.15, -0.1) is 0 Å². The maximum absolute atomic E-state index is 13.3. The number of aryl methyl sites for hydroxylation is 2. The Balaban J connectivity index is 1.88. The van der Waals surface area contributed by atoms with Gasteiger partial charge in [0.15, 0.2) is 0 Å². The second-order valence-corrected chi connectivity index (χ2v) is 5.65. The van der Waals surface area contributed by atoms with E-state index in [0.717, 1.165) is 17.0 Å². The summed E-state index contributed by atoms with van der Waals surface area (Å²) in [6, 6.07) is 13.8. The molecule has 1 heterocycles. The lowest BCUT2D eigenvalue weighted by molar-refractivity contribution is 0.416. The molecule has 3 aromatic rings. The average molecular weight is 338 g/mol. The van der Waals surface area contributed by atoms with Crippen molar-refractivity contribution in [2.45, 2.75) is 13.8 Å². The Morgan fingerprint density at radius 2 is 1.68 bits per heavy atom. The van der Waals surface area contributed by atoms with Crippen LogP contribution in [0, 0.1) is 19.7 Å². The number of halogens is 1. The largest absolute Gasteiger partial charge is 0.495 e. The van der Waals surface area contributed by atoms with Crippen molar-refractivity contribution < 1.29 is 9.13 Å². The molecule has 25 heavy (non-hydrogen) atoms. The molecule has 1 aromatic heterocycles. The molecule has 0 radical (unpaired) electrons. The first-order valence-corrected chi connectivity index (χ1v) is 7.83. The van der Waals surface area contributed by atoms with Crippen LogP contribution in [0.25, 0.3) is 0 Å². The molecule has 0 unspecified atom stereocenters. The van der Waals surface area contributed by atoms with Crippen LogP contribution in [-0.4, -0.2) is 17.1 Å². The van der Waals surface area contributed by atoms with Gasteiger partial charge in [0, 0.05) is 11.8 Å². The second kappa shape index (κ2) is 7.17. The standard InChI is InChI=1S/C19H19FN4O/c1-12-7-8-17(25-3)16(9-12)24-19-11-18(21-13(2)22-19)23-15-6-4-5-14(20)10-15/h4-11H,1-3H3,(H2,21,22,23,24). The molecule has 0 saturated carbocycles. The highest BCUT2D eigenvalue weighted by molar-refractivity contribution is 5.68.